The van der Waals surface area contributed by atoms with Crippen LogP contribution in [0.3, 0.4) is 0 Å². The summed E-state index contributed by atoms with van der Waals surface area (Å²) in [4.78, 5) is 27.4. The second-order valence-electron chi connectivity index (χ2n) is 8.08. The largest absolute Gasteiger partial charge is 0.369 e. The maximum atomic E-state index is 12.2. The minimum Gasteiger partial charge on any atom is -0.369 e. The highest BCUT2D eigenvalue weighted by Gasteiger charge is 2.18. The van der Waals surface area contributed by atoms with Crippen LogP contribution in [0.4, 0.5) is 17.1 Å². The van der Waals surface area contributed by atoms with Crippen LogP contribution in [0.5, 0.6) is 0 Å². The number of halogens is 1. The molecular weight excluding hydrogens is 452 g/mol. The first kappa shape index (κ1) is 23.5. The number of carbonyl (C=O) groups is 1. The molecule has 1 aliphatic rings. The molecule has 174 valence electrons. The third-order valence-electron chi connectivity index (χ3n) is 5.73. The Balaban J connectivity index is 1.28. The first-order valence-corrected chi connectivity index (χ1v) is 11.4. The van der Waals surface area contributed by atoms with Crippen molar-refractivity contribution in [1.29, 1.82) is 0 Å². The highest BCUT2D eigenvalue weighted by atomic mass is 35.5. The SMILES string of the molecule is O=C(/C=C/c1cccc([N+](=O)[O-])c1)Nc1ccc(N2CCN(Cc3ccccc3Cl)CC2)cc1. The summed E-state index contributed by atoms with van der Waals surface area (Å²) in [6.45, 7) is 4.59. The molecule has 3 aromatic rings. The van der Waals surface area contributed by atoms with E-state index in [1.165, 1.54) is 18.2 Å². The summed E-state index contributed by atoms with van der Waals surface area (Å²) in [6.07, 6.45) is 2.92. The van der Waals surface area contributed by atoms with Crippen molar-refractivity contribution in [3.63, 3.8) is 0 Å². The molecule has 0 aromatic heterocycles. The van der Waals surface area contributed by atoms with E-state index >= 15 is 0 Å². The predicted molar refractivity (Wildman–Crippen MR) is 136 cm³/mol. The summed E-state index contributed by atoms with van der Waals surface area (Å²) in [5.74, 6) is -0.299. The van der Waals surface area contributed by atoms with Crippen LogP contribution < -0.4 is 10.2 Å². The summed E-state index contributed by atoms with van der Waals surface area (Å²) in [5.41, 5.74) is 3.53. The van der Waals surface area contributed by atoms with Crippen molar-refractivity contribution in [3.8, 4) is 0 Å². The zero-order valence-corrected chi connectivity index (χ0v) is 19.3. The lowest BCUT2D eigenvalue weighted by molar-refractivity contribution is -0.384. The minimum absolute atomic E-state index is 0.0113. The van der Waals surface area contributed by atoms with Gasteiger partial charge in [-0.15, -0.1) is 0 Å². The fraction of sp³-hybridized carbons (Fsp3) is 0.192. The molecule has 3 aromatic carbocycles. The van der Waals surface area contributed by atoms with Gasteiger partial charge in [-0.1, -0.05) is 41.9 Å². The van der Waals surface area contributed by atoms with E-state index in [2.05, 4.69) is 21.2 Å². The van der Waals surface area contributed by atoms with Gasteiger partial charge in [0.2, 0.25) is 5.91 Å². The molecule has 1 aliphatic heterocycles. The number of nitrogens with zero attached hydrogens (tertiary/aromatic N) is 3. The lowest BCUT2D eigenvalue weighted by atomic mass is 10.2. The lowest BCUT2D eigenvalue weighted by Crippen LogP contribution is -2.46. The Morgan fingerprint density at radius 3 is 2.44 bits per heavy atom. The van der Waals surface area contributed by atoms with Crippen molar-refractivity contribution >= 4 is 40.6 Å². The predicted octanol–water partition coefficient (Wildman–Crippen LogP) is 5.22. The van der Waals surface area contributed by atoms with Crippen LogP contribution in [-0.4, -0.2) is 41.9 Å². The zero-order chi connectivity index (χ0) is 23.9. The highest BCUT2D eigenvalue weighted by Crippen LogP contribution is 2.22. The molecule has 0 radical (unpaired) electrons. The number of hydrogen-bond donors (Lipinski definition) is 1. The van der Waals surface area contributed by atoms with Crippen LogP contribution in [-0.2, 0) is 11.3 Å². The fourth-order valence-corrected chi connectivity index (χ4v) is 4.08. The molecular formula is C26H25ClN4O3. The van der Waals surface area contributed by atoms with E-state index < -0.39 is 4.92 Å². The van der Waals surface area contributed by atoms with Crippen LogP contribution >= 0.6 is 11.6 Å². The van der Waals surface area contributed by atoms with Gasteiger partial charge in [-0.3, -0.25) is 19.8 Å². The summed E-state index contributed by atoms with van der Waals surface area (Å²) in [6, 6.07) is 21.9. The average molecular weight is 477 g/mol. The Kier molecular flexibility index (Phi) is 7.57. The minimum atomic E-state index is -0.461. The van der Waals surface area contributed by atoms with Gasteiger partial charge in [-0.05, 0) is 47.5 Å². The molecule has 1 N–H and O–H groups in total. The highest BCUT2D eigenvalue weighted by molar-refractivity contribution is 6.31. The molecule has 34 heavy (non-hydrogen) atoms. The van der Waals surface area contributed by atoms with Crippen molar-refractivity contribution in [2.75, 3.05) is 36.4 Å². The Morgan fingerprint density at radius 1 is 1.00 bits per heavy atom. The first-order chi connectivity index (χ1) is 16.5. The molecule has 0 spiro atoms. The van der Waals surface area contributed by atoms with Crippen LogP contribution in [0.1, 0.15) is 11.1 Å². The molecule has 1 amide bonds. The van der Waals surface area contributed by atoms with Gasteiger partial charge in [-0.2, -0.15) is 0 Å². The maximum Gasteiger partial charge on any atom is 0.270 e. The third-order valence-corrected chi connectivity index (χ3v) is 6.10. The summed E-state index contributed by atoms with van der Waals surface area (Å²) in [7, 11) is 0. The summed E-state index contributed by atoms with van der Waals surface area (Å²) in [5, 5.41) is 14.5. The van der Waals surface area contributed by atoms with E-state index in [0.717, 1.165) is 49.0 Å². The molecule has 0 bridgehead atoms. The summed E-state index contributed by atoms with van der Waals surface area (Å²) < 4.78 is 0. The van der Waals surface area contributed by atoms with E-state index in [4.69, 9.17) is 11.6 Å². The van der Waals surface area contributed by atoms with Gasteiger partial charge in [0.25, 0.3) is 5.69 Å². The van der Waals surface area contributed by atoms with E-state index in [0.29, 0.717) is 11.3 Å². The van der Waals surface area contributed by atoms with Crippen LogP contribution in [0.15, 0.2) is 78.9 Å². The number of hydrogen-bond acceptors (Lipinski definition) is 5. The number of rotatable bonds is 7. The van der Waals surface area contributed by atoms with Crippen LogP contribution in [0.25, 0.3) is 6.08 Å². The lowest BCUT2D eigenvalue weighted by Gasteiger charge is -2.36. The van der Waals surface area contributed by atoms with E-state index in [-0.39, 0.29) is 11.6 Å². The number of piperazine rings is 1. The number of carbonyl (C=O) groups excluding carboxylic acids is 1. The van der Waals surface area contributed by atoms with Gasteiger partial charge < -0.3 is 10.2 Å². The van der Waals surface area contributed by atoms with Gasteiger partial charge in [0.15, 0.2) is 0 Å². The van der Waals surface area contributed by atoms with Gasteiger partial charge >= 0.3 is 0 Å². The Bertz CT molecular complexity index is 1190. The number of nitrogens with one attached hydrogen (secondary N) is 1. The topological polar surface area (TPSA) is 78.7 Å². The molecule has 1 heterocycles. The Labute approximate surface area is 203 Å². The Morgan fingerprint density at radius 2 is 1.74 bits per heavy atom. The van der Waals surface area contributed by atoms with Crippen molar-refractivity contribution in [2.45, 2.75) is 6.54 Å². The summed E-state index contributed by atoms with van der Waals surface area (Å²) >= 11 is 6.29. The van der Waals surface area contributed by atoms with Crippen molar-refractivity contribution in [1.82, 2.24) is 4.90 Å². The number of benzene rings is 3. The smallest absolute Gasteiger partial charge is 0.270 e. The number of amides is 1. The van der Waals surface area contributed by atoms with Gasteiger partial charge in [0.05, 0.1) is 4.92 Å². The molecule has 0 saturated carbocycles. The van der Waals surface area contributed by atoms with Gasteiger partial charge in [0.1, 0.15) is 0 Å². The molecule has 0 atom stereocenters. The standard InChI is InChI=1S/C26H25ClN4O3/c27-25-7-2-1-5-21(25)19-29-14-16-30(17-15-29)23-11-9-22(10-12-23)28-26(32)13-8-20-4-3-6-24(18-20)31(33)34/h1-13,18H,14-17,19H2,(H,28,32)/b13-8+. The van der Waals surface area contributed by atoms with E-state index in [1.54, 1.807) is 18.2 Å². The van der Waals surface area contributed by atoms with Crippen molar-refractivity contribution in [3.05, 3.63) is 105 Å². The molecule has 4 rings (SSSR count). The third kappa shape index (κ3) is 6.21. The molecule has 1 fully saturated rings. The number of non-ortho nitro benzene ring substituents is 1. The first-order valence-electron chi connectivity index (χ1n) is 11.0. The molecule has 7 nitrogen and oxygen atoms in total. The monoisotopic (exact) mass is 476 g/mol. The second kappa shape index (κ2) is 11.0. The number of nitro benzene ring substituents is 1. The van der Waals surface area contributed by atoms with Crippen LogP contribution in [0, 0.1) is 10.1 Å². The van der Waals surface area contributed by atoms with Crippen LogP contribution in [0.2, 0.25) is 5.02 Å². The van der Waals surface area contributed by atoms with E-state index in [9.17, 15) is 14.9 Å². The normalized spacial score (nSPS) is 14.3. The van der Waals surface area contributed by atoms with Gasteiger partial charge in [-0.25, -0.2) is 0 Å². The maximum absolute atomic E-state index is 12.2. The number of anilines is 2. The number of nitro groups is 1. The quantitative estimate of drug-likeness (QED) is 0.287. The fourth-order valence-electron chi connectivity index (χ4n) is 3.89. The van der Waals surface area contributed by atoms with Crippen molar-refractivity contribution in [2.24, 2.45) is 0 Å². The molecule has 8 heteroatoms. The zero-order valence-electron chi connectivity index (χ0n) is 18.6. The van der Waals surface area contributed by atoms with Crippen molar-refractivity contribution < 1.29 is 9.72 Å². The van der Waals surface area contributed by atoms with Gasteiger partial charge in [0, 0.05) is 67.3 Å². The molecule has 0 aliphatic carbocycles. The Hall–Kier alpha value is -3.68. The van der Waals surface area contributed by atoms with E-state index in [1.807, 2.05) is 42.5 Å². The average Bonchev–Trinajstić information content (AvgIpc) is 2.85. The second-order valence-corrected chi connectivity index (χ2v) is 8.48. The molecule has 0 unspecified atom stereocenters. The molecule has 1 saturated heterocycles.